The summed E-state index contributed by atoms with van der Waals surface area (Å²) in [4.78, 5) is 32.8. The van der Waals surface area contributed by atoms with Gasteiger partial charge in [-0.3, -0.25) is 19.1 Å². The van der Waals surface area contributed by atoms with Crippen LogP contribution >= 0.6 is 0 Å². The minimum Gasteiger partial charge on any atom is -0.275 e. The van der Waals surface area contributed by atoms with Gasteiger partial charge in [0, 0.05) is 5.56 Å². The average molecular weight is 396 g/mol. The molecule has 3 aromatic carbocycles. The maximum Gasteiger partial charge on any atom is 0.266 e. The van der Waals surface area contributed by atoms with Gasteiger partial charge in [-0.05, 0) is 24.3 Å². The molecular weight excluding hydrogens is 374 g/mol. The predicted molar refractivity (Wildman–Crippen MR) is 118 cm³/mol. The van der Waals surface area contributed by atoms with Crippen molar-refractivity contribution in [3.8, 4) is 0 Å². The fourth-order valence-corrected chi connectivity index (χ4v) is 4.49. The van der Waals surface area contributed by atoms with Crippen LogP contribution in [0.1, 0.15) is 31.8 Å². The van der Waals surface area contributed by atoms with Crippen LogP contribution in [0.15, 0.2) is 83.9 Å². The second-order valence-electron chi connectivity index (χ2n) is 8.12. The molecule has 2 aliphatic rings. The number of benzodiazepines with no additional fused rings is 1. The third-order valence-corrected chi connectivity index (χ3v) is 6.11. The standard InChI is InChI=1S/C25H22N3O2/c1-28(2)21-15-9-8-14-20(21)23(17-10-4-3-5-11-17)26-16-22(28)27-24(29)18-12-6-7-13-19(18)25(27)30/h3-15,22H,16H2,1-2H3/q+1. The number of para-hydroxylation sites is 1. The van der Waals surface area contributed by atoms with E-state index in [-0.39, 0.29) is 11.8 Å². The lowest BCUT2D eigenvalue weighted by Gasteiger charge is -2.40. The van der Waals surface area contributed by atoms with Gasteiger partial charge in [0.15, 0.2) is 6.17 Å². The Morgan fingerprint density at radius 1 is 0.767 bits per heavy atom. The smallest absolute Gasteiger partial charge is 0.266 e. The van der Waals surface area contributed by atoms with E-state index < -0.39 is 6.17 Å². The molecule has 0 N–H and O–H groups in total. The summed E-state index contributed by atoms with van der Waals surface area (Å²) in [5.74, 6) is -0.495. The molecule has 1 atom stereocenters. The molecular formula is C25H22N3O2+. The molecule has 5 rings (SSSR count). The lowest BCUT2D eigenvalue weighted by molar-refractivity contribution is 0.0438. The van der Waals surface area contributed by atoms with E-state index in [1.807, 2.05) is 56.6 Å². The number of imide groups is 1. The highest BCUT2D eigenvalue weighted by Crippen LogP contribution is 2.36. The maximum absolute atomic E-state index is 13.2. The first-order valence-electron chi connectivity index (χ1n) is 10.0. The van der Waals surface area contributed by atoms with Crippen molar-refractivity contribution in [1.82, 2.24) is 9.38 Å². The zero-order valence-electron chi connectivity index (χ0n) is 16.9. The van der Waals surface area contributed by atoms with Crippen LogP contribution in [0.5, 0.6) is 0 Å². The molecule has 30 heavy (non-hydrogen) atoms. The molecule has 0 aliphatic carbocycles. The van der Waals surface area contributed by atoms with Gasteiger partial charge in [0.2, 0.25) is 0 Å². The van der Waals surface area contributed by atoms with Crippen molar-refractivity contribution in [1.29, 1.82) is 0 Å². The zero-order valence-corrected chi connectivity index (χ0v) is 16.9. The Morgan fingerprint density at radius 3 is 1.93 bits per heavy atom. The van der Waals surface area contributed by atoms with Gasteiger partial charge in [-0.15, -0.1) is 0 Å². The lowest BCUT2D eigenvalue weighted by atomic mass is 10.00. The number of quaternary nitrogens is 1. The van der Waals surface area contributed by atoms with Gasteiger partial charge >= 0.3 is 0 Å². The van der Waals surface area contributed by atoms with Crippen LogP contribution in [0.2, 0.25) is 0 Å². The van der Waals surface area contributed by atoms with Crippen LogP contribution in [0.4, 0.5) is 5.69 Å². The average Bonchev–Trinajstić information content (AvgIpc) is 2.95. The largest absolute Gasteiger partial charge is 0.275 e. The molecule has 5 nitrogen and oxygen atoms in total. The molecule has 2 aliphatic heterocycles. The van der Waals surface area contributed by atoms with Gasteiger partial charge in [-0.1, -0.05) is 54.6 Å². The molecule has 3 aromatic rings. The fourth-order valence-electron chi connectivity index (χ4n) is 4.49. The van der Waals surface area contributed by atoms with E-state index in [1.165, 1.54) is 4.90 Å². The summed E-state index contributed by atoms with van der Waals surface area (Å²) in [6.45, 7) is 0.331. The number of hydrogen-bond acceptors (Lipinski definition) is 3. The molecule has 0 saturated carbocycles. The number of likely N-dealkylation sites (N-methyl/N-ethyl adjacent to an activating group) is 1. The van der Waals surface area contributed by atoms with E-state index in [2.05, 4.69) is 12.1 Å². The van der Waals surface area contributed by atoms with Crippen molar-refractivity contribution < 1.29 is 9.59 Å². The van der Waals surface area contributed by atoms with E-state index in [9.17, 15) is 9.59 Å². The van der Waals surface area contributed by atoms with Crippen LogP contribution in [-0.4, -0.2) is 49.2 Å². The molecule has 148 valence electrons. The summed E-state index contributed by atoms with van der Waals surface area (Å²) in [5.41, 5.74) is 4.89. The quantitative estimate of drug-likeness (QED) is 0.490. The number of fused-ring (bicyclic) bond motifs is 2. The molecule has 0 spiro atoms. The van der Waals surface area contributed by atoms with Crippen LogP contribution in [0, 0.1) is 0 Å². The number of aliphatic imine (C=N–C) groups is 1. The van der Waals surface area contributed by atoms with Gasteiger partial charge < -0.3 is 0 Å². The topological polar surface area (TPSA) is 49.7 Å². The Morgan fingerprint density at radius 2 is 1.30 bits per heavy atom. The van der Waals surface area contributed by atoms with Gasteiger partial charge in [0.1, 0.15) is 12.2 Å². The summed E-state index contributed by atoms with van der Waals surface area (Å²) in [7, 11) is 4.08. The molecule has 0 saturated heterocycles. The van der Waals surface area contributed by atoms with Crippen LogP contribution in [0.25, 0.3) is 0 Å². The Labute approximate surface area is 175 Å². The first kappa shape index (κ1) is 18.5. The van der Waals surface area contributed by atoms with Gasteiger partial charge in [0.05, 0.1) is 36.5 Å². The summed E-state index contributed by atoms with van der Waals surface area (Å²) < 4.78 is 0.349. The fraction of sp³-hybridized carbons (Fsp3) is 0.160. The SMILES string of the molecule is C[N+]1(C)c2ccccc2C(c2ccccc2)=NCC1N1C(=O)c2ccccc2C1=O. The monoisotopic (exact) mass is 396 g/mol. The molecule has 0 fully saturated rings. The first-order valence-corrected chi connectivity index (χ1v) is 10.0. The number of benzene rings is 3. The maximum atomic E-state index is 13.2. The van der Waals surface area contributed by atoms with Crippen molar-refractivity contribution in [2.24, 2.45) is 4.99 Å². The van der Waals surface area contributed by atoms with E-state index in [0.717, 1.165) is 22.5 Å². The van der Waals surface area contributed by atoms with Gasteiger partial charge in [-0.2, -0.15) is 0 Å². The summed E-state index contributed by atoms with van der Waals surface area (Å²) >= 11 is 0. The number of nitrogens with zero attached hydrogens (tertiary/aromatic N) is 3. The summed E-state index contributed by atoms with van der Waals surface area (Å²) in [6.07, 6.45) is -0.445. The van der Waals surface area contributed by atoms with Crippen LogP contribution < -0.4 is 4.48 Å². The van der Waals surface area contributed by atoms with E-state index >= 15 is 0 Å². The van der Waals surface area contributed by atoms with Crippen molar-refractivity contribution in [2.45, 2.75) is 6.17 Å². The van der Waals surface area contributed by atoms with E-state index in [1.54, 1.807) is 24.3 Å². The highest BCUT2D eigenvalue weighted by atomic mass is 16.2. The number of rotatable bonds is 2. The first-order chi connectivity index (χ1) is 14.5. The van der Waals surface area contributed by atoms with Gasteiger partial charge in [0.25, 0.3) is 11.8 Å². The Hall–Kier alpha value is -3.57. The van der Waals surface area contributed by atoms with Crippen molar-refractivity contribution in [3.05, 3.63) is 101 Å². The highest BCUT2D eigenvalue weighted by molar-refractivity contribution is 6.22. The molecule has 5 heteroatoms. The molecule has 0 aromatic heterocycles. The Kier molecular flexibility index (Phi) is 4.15. The third-order valence-electron chi connectivity index (χ3n) is 6.11. The van der Waals surface area contributed by atoms with Crippen molar-refractivity contribution in [3.63, 3.8) is 0 Å². The molecule has 0 bridgehead atoms. The third kappa shape index (κ3) is 2.63. The predicted octanol–water partition coefficient (Wildman–Crippen LogP) is 3.73. The van der Waals surface area contributed by atoms with Crippen molar-refractivity contribution in [2.75, 3.05) is 20.6 Å². The van der Waals surface area contributed by atoms with E-state index in [4.69, 9.17) is 4.99 Å². The molecule has 2 heterocycles. The number of carbonyl (C=O) groups excluding carboxylic acids is 2. The normalized spacial score (nSPS) is 19.7. The summed E-state index contributed by atoms with van der Waals surface area (Å²) in [5, 5.41) is 0. The van der Waals surface area contributed by atoms with Crippen LogP contribution in [0.3, 0.4) is 0 Å². The zero-order chi connectivity index (χ0) is 20.9. The number of carbonyl (C=O) groups is 2. The lowest BCUT2D eigenvalue weighted by Crippen LogP contribution is -2.61. The number of hydrogen-bond donors (Lipinski definition) is 0. The van der Waals surface area contributed by atoms with Crippen molar-refractivity contribution >= 4 is 23.2 Å². The minimum absolute atomic E-state index is 0.248. The minimum atomic E-state index is -0.445. The van der Waals surface area contributed by atoms with Gasteiger partial charge in [-0.25, -0.2) is 4.90 Å². The Bertz CT molecular complexity index is 1160. The second-order valence-corrected chi connectivity index (χ2v) is 8.12. The summed E-state index contributed by atoms with van der Waals surface area (Å²) in [6, 6.07) is 25.2. The highest BCUT2D eigenvalue weighted by Gasteiger charge is 2.48. The van der Waals surface area contributed by atoms with Crippen LogP contribution in [-0.2, 0) is 0 Å². The second kappa shape index (κ2) is 6.75. The molecule has 1 unspecified atom stereocenters. The van der Waals surface area contributed by atoms with E-state index in [0.29, 0.717) is 22.2 Å². The molecule has 2 amide bonds. The number of amides is 2. The molecule has 0 radical (unpaired) electrons. The Balaban J connectivity index is 1.67.